The normalized spacial score (nSPS) is 11.5. The molecule has 1 atom stereocenters. The molecule has 0 heterocycles. The van der Waals surface area contributed by atoms with Gasteiger partial charge in [-0.05, 0) is 30.0 Å². The molecule has 5 heteroatoms. The zero-order valence-electron chi connectivity index (χ0n) is 19.2. The number of amides is 2. The SMILES string of the molecule is CCOCCCNC(=O)[C@@H](c1ccccc1)N(Cc1ccccc1)C(=O)Cc1ccccc1. The summed E-state index contributed by atoms with van der Waals surface area (Å²) in [4.78, 5) is 28.7. The largest absolute Gasteiger partial charge is 0.382 e. The number of nitrogens with one attached hydrogen (secondary N) is 1. The molecule has 0 aromatic heterocycles. The van der Waals surface area contributed by atoms with E-state index in [1.165, 1.54) is 0 Å². The zero-order chi connectivity index (χ0) is 23.3. The molecule has 3 aromatic rings. The van der Waals surface area contributed by atoms with Crippen LogP contribution in [-0.4, -0.2) is 36.5 Å². The quantitative estimate of drug-likeness (QED) is 0.417. The third-order valence-electron chi connectivity index (χ3n) is 5.36. The van der Waals surface area contributed by atoms with Gasteiger partial charge in [0.25, 0.3) is 0 Å². The molecule has 0 spiro atoms. The minimum absolute atomic E-state index is 0.0941. The molecular formula is C28H32N2O3. The Bertz CT molecular complexity index is 978. The van der Waals surface area contributed by atoms with Crippen LogP contribution < -0.4 is 5.32 Å². The molecule has 3 aromatic carbocycles. The fourth-order valence-corrected chi connectivity index (χ4v) is 3.71. The van der Waals surface area contributed by atoms with Gasteiger partial charge in [-0.2, -0.15) is 0 Å². The summed E-state index contributed by atoms with van der Waals surface area (Å²) < 4.78 is 5.38. The van der Waals surface area contributed by atoms with Crippen LogP contribution in [0.1, 0.15) is 36.1 Å². The van der Waals surface area contributed by atoms with Crippen LogP contribution in [0.3, 0.4) is 0 Å². The third kappa shape index (κ3) is 7.58. The smallest absolute Gasteiger partial charge is 0.247 e. The minimum Gasteiger partial charge on any atom is -0.382 e. The van der Waals surface area contributed by atoms with Gasteiger partial charge in [-0.25, -0.2) is 0 Å². The molecule has 0 unspecified atom stereocenters. The summed E-state index contributed by atoms with van der Waals surface area (Å²) in [6.45, 7) is 4.03. The summed E-state index contributed by atoms with van der Waals surface area (Å²) in [5.74, 6) is -0.279. The van der Waals surface area contributed by atoms with Gasteiger partial charge in [0.2, 0.25) is 11.8 Å². The van der Waals surface area contributed by atoms with E-state index in [1.54, 1.807) is 4.90 Å². The summed E-state index contributed by atoms with van der Waals surface area (Å²) in [6, 6.07) is 28.2. The van der Waals surface area contributed by atoms with Crippen molar-refractivity contribution in [1.82, 2.24) is 10.2 Å². The standard InChI is InChI=1S/C28H32N2O3/c1-2-33-20-12-19-29-28(32)27(25-17-10-5-11-18-25)30(22-24-15-8-4-9-16-24)26(31)21-23-13-6-3-7-14-23/h3-11,13-18,27H,2,12,19-22H2,1H3,(H,29,32)/t27-/m1/s1. The lowest BCUT2D eigenvalue weighted by atomic mass is 10.0. The van der Waals surface area contributed by atoms with E-state index in [1.807, 2.05) is 97.9 Å². The van der Waals surface area contributed by atoms with Gasteiger partial charge >= 0.3 is 0 Å². The first-order valence-corrected chi connectivity index (χ1v) is 11.5. The highest BCUT2D eigenvalue weighted by atomic mass is 16.5. The highest BCUT2D eigenvalue weighted by molar-refractivity contribution is 5.89. The van der Waals surface area contributed by atoms with E-state index in [9.17, 15) is 9.59 Å². The molecule has 3 rings (SSSR count). The summed E-state index contributed by atoms with van der Waals surface area (Å²) >= 11 is 0. The Morgan fingerprint density at radius 2 is 1.42 bits per heavy atom. The molecule has 172 valence electrons. The third-order valence-corrected chi connectivity index (χ3v) is 5.36. The van der Waals surface area contributed by atoms with Gasteiger partial charge in [0.1, 0.15) is 6.04 Å². The van der Waals surface area contributed by atoms with E-state index < -0.39 is 6.04 Å². The first-order valence-electron chi connectivity index (χ1n) is 11.5. The van der Waals surface area contributed by atoms with Crippen LogP contribution in [0.15, 0.2) is 91.0 Å². The second-order valence-electron chi connectivity index (χ2n) is 7.82. The van der Waals surface area contributed by atoms with E-state index in [2.05, 4.69) is 5.32 Å². The van der Waals surface area contributed by atoms with Crippen molar-refractivity contribution < 1.29 is 14.3 Å². The Morgan fingerprint density at radius 1 is 0.848 bits per heavy atom. The van der Waals surface area contributed by atoms with Crippen molar-refractivity contribution in [1.29, 1.82) is 0 Å². The van der Waals surface area contributed by atoms with Crippen molar-refractivity contribution in [3.8, 4) is 0 Å². The number of nitrogens with zero attached hydrogens (tertiary/aromatic N) is 1. The predicted molar refractivity (Wildman–Crippen MR) is 130 cm³/mol. The van der Waals surface area contributed by atoms with Gasteiger partial charge in [-0.1, -0.05) is 91.0 Å². The van der Waals surface area contributed by atoms with Crippen molar-refractivity contribution in [3.63, 3.8) is 0 Å². The van der Waals surface area contributed by atoms with Crippen molar-refractivity contribution >= 4 is 11.8 Å². The molecule has 0 bridgehead atoms. The van der Waals surface area contributed by atoms with E-state index in [-0.39, 0.29) is 18.2 Å². The first kappa shape index (κ1) is 24.2. The van der Waals surface area contributed by atoms with Crippen LogP contribution >= 0.6 is 0 Å². The van der Waals surface area contributed by atoms with Gasteiger partial charge in [-0.15, -0.1) is 0 Å². The lowest BCUT2D eigenvalue weighted by Crippen LogP contribution is -2.44. The summed E-state index contributed by atoms with van der Waals surface area (Å²) in [5, 5.41) is 3.01. The predicted octanol–water partition coefficient (Wildman–Crippen LogP) is 4.54. The number of ether oxygens (including phenoxy) is 1. The van der Waals surface area contributed by atoms with Gasteiger partial charge in [0.05, 0.1) is 6.42 Å². The van der Waals surface area contributed by atoms with E-state index in [0.717, 1.165) is 23.1 Å². The zero-order valence-corrected chi connectivity index (χ0v) is 19.2. The van der Waals surface area contributed by atoms with Crippen molar-refractivity contribution in [3.05, 3.63) is 108 Å². The van der Waals surface area contributed by atoms with Gasteiger partial charge in [-0.3, -0.25) is 9.59 Å². The van der Waals surface area contributed by atoms with Crippen LogP contribution in [0.25, 0.3) is 0 Å². The number of hydrogen-bond acceptors (Lipinski definition) is 3. The molecule has 33 heavy (non-hydrogen) atoms. The maximum Gasteiger partial charge on any atom is 0.247 e. The van der Waals surface area contributed by atoms with Crippen LogP contribution in [-0.2, 0) is 27.3 Å². The molecule has 0 radical (unpaired) electrons. The molecule has 0 aliphatic rings. The van der Waals surface area contributed by atoms with E-state index >= 15 is 0 Å². The Labute approximate surface area is 196 Å². The summed E-state index contributed by atoms with van der Waals surface area (Å²) in [6.07, 6.45) is 0.951. The van der Waals surface area contributed by atoms with Crippen LogP contribution in [0.4, 0.5) is 0 Å². The highest BCUT2D eigenvalue weighted by Crippen LogP contribution is 2.25. The summed E-state index contributed by atoms with van der Waals surface area (Å²) in [5.41, 5.74) is 2.69. The molecule has 5 nitrogen and oxygen atoms in total. The lowest BCUT2D eigenvalue weighted by molar-refractivity contribution is -0.141. The topological polar surface area (TPSA) is 58.6 Å². The maximum atomic E-state index is 13.6. The Kier molecular flexibility index (Phi) is 9.67. The van der Waals surface area contributed by atoms with E-state index in [4.69, 9.17) is 4.74 Å². The maximum absolute atomic E-state index is 13.6. The van der Waals surface area contributed by atoms with Gasteiger partial charge in [0.15, 0.2) is 0 Å². The number of rotatable bonds is 12. The fraction of sp³-hybridized carbons (Fsp3) is 0.286. The van der Waals surface area contributed by atoms with Crippen LogP contribution in [0, 0.1) is 0 Å². The molecule has 2 amide bonds. The lowest BCUT2D eigenvalue weighted by Gasteiger charge is -2.32. The molecule has 1 N–H and O–H groups in total. The average Bonchev–Trinajstić information content (AvgIpc) is 2.85. The minimum atomic E-state index is -0.727. The Morgan fingerprint density at radius 3 is 2.03 bits per heavy atom. The van der Waals surface area contributed by atoms with Crippen molar-refractivity contribution in [2.75, 3.05) is 19.8 Å². The average molecular weight is 445 g/mol. The van der Waals surface area contributed by atoms with Gasteiger partial charge < -0.3 is 15.0 Å². The number of hydrogen-bond donors (Lipinski definition) is 1. The Balaban J connectivity index is 1.88. The molecule has 0 saturated carbocycles. The second kappa shape index (κ2) is 13.2. The first-order chi connectivity index (χ1) is 16.2. The molecule has 0 aliphatic heterocycles. The molecule has 0 aliphatic carbocycles. The summed E-state index contributed by atoms with van der Waals surface area (Å²) in [7, 11) is 0. The van der Waals surface area contributed by atoms with E-state index in [0.29, 0.717) is 26.3 Å². The Hall–Kier alpha value is -3.44. The number of carbonyl (C=O) groups excluding carboxylic acids is 2. The fourth-order valence-electron chi connectivity index (χ4n) is 3.71. The molecule has 0 fully saturated rings. The van der Waals surface area contributed by atoms with Crippen molar-refractivity contribution in [2.24, 2.45) is 0 Å². The second-order valence-corrected chi connectivity index (χ2v) is 7.82. The van der Waals surface area contributed by atoms with Crippen LogP contribution in [0.2, 0.25) is 0 Å². The number of carbonyl (C=O) groups is 2. The van der Waals surface area contributed by atoms with Crippen molar-refractivity contribution in [2.45, 2.75) is 32.4 Å². The molecule has 0 saturated heterocycles. The molecular weight excluding hydrogens is 412 g/mol. The monoisotopic (exact) mass is 444 g/mol. The van der Waals surface area contributed by atoms with Crippen LogP contribution in [0.5, 0.6) is 0 Å². The highest BCUT2D eigenvalue weighted by Gasteiger charge is 2.31. The van der Waals surface area contributed by atoms with Gasteiger partial charge in [0, 0.05) is 26.3 Å². The number of benzene rings is 3.